The highest BCUT2D eigenvalue weighted by molar-refractivity contribution is 7.80. The molecule has 1 aromatic heterocycles. The molecule has 0 saturated heterocycles. The second-order valence-corrected chi connectivity index (χ2v) is 5.49. The van der Waals surface area contributed by atoms with Crippen LogP contribution in [0.5, 0.6) is 0 Å². The molecule has 3 N–H and O–H groups in total. The molecule has 2 aromatic rings. The molecule has 20 heavy (non-hydrogen) atoms. The SMILES string of the molecule is CC(C)C(C(=O)Nc1cccc2cnccc12)C(N)=S. The maximum absolute atomic E-state index is 12.3. The first-order chi connectivity index (χ1) is 9.50. The minimum Gasteiger partial charge on any atom is -0.393 e. The van der Waals surface area contributed by atoms with E-state index in [1.54, 1.807) is 12.4 Å². The largest absolute Gasteiger partial charge is 0.393 e. The van der Waals surface area contributed by atoms with E-state index < -0.39 is 5.92 Å². The molecule has 2 rings (SSSR count). The molecular formula is C15H17N3OS. The normalized spacial score (nSPS) is 12.3. The van der Waals surface area contributed by atoms with Crippen LogP contribution in [0.1, 0.15) is 13.8 Å². The highest BCUT2D eigenvalue weighted by Gasteiger charge is 2.25. The Kier molecular flexibility index (Phi) is 4.29. The second kappa shape index (κ2) is 5.96. The lowest BCUT2D eigenvalue weighted by Gasteiger charge is -2.19. The Labute approximate surface area is 123 Å². The molecule has 1 amide bonds. The Morgan fingerprint density at radius 1 is 1.35 bits per heavy atom. The Balaban J connectivity index is 2.32. The number of anilines is 1. The Morgan fingerprint density at radius 2 is 2.10 bits per heavy atom. The summed E-state index contributed by atoms with van der Waals surface area (Å²) in [6, 6.07) is 7.56. The number of carbonyl (C=O) groups is 1. The number of hydrogen-bond donors (Lipinski definition) is 2. The smallest absolute Gasteiger partial charge is 0.234 e. The highest BCUT2D eigenvalue weighted by atomic mass is 32.1. The quantitative estimate of drug-likeness (QED) is 0.848. The molecule has 0 aliphatic rings. The zero-order valence-corrected chi connectivity index (χ0v) is 12.3. The number of nitrogens with two attached hydrogens (primary N) is 1. The van der Waals surface area contributed by atoms with Crippen molar-refractivity contribution < 1.29 is 4.79 Å². The first kappa shape index (κ1) is 14.4. The van der Waals surface area contributed by atoms with Crippen molar-refractivity contribution in [3.05, 3.63) is 36.7 Å². The summed E-state index contributed by atoms with van der Waals surface area (Å²) >= 11 is 4.99. The van der Waals surface area contributed by atoms with Crippen LogP contribution in [-0.2, 0) is 4.79 Å². The van der Waals surface area contributed by atoms with Crippen molar-refractivity contribution in [2.45, 2.75) is 13.8 Å². The second-order valence-electron chi connectivity index (χ2n) is 5.02. The van der Waals surface area contributed by atoms with Gasteiger partial charge in [0.25, 0.3) is 0 Å². The number of rotatable bonds is 4. The molecule has 0 radical (unpaired) electrons. The maximum atomic E-state index is 12.3. The van der Waals surface area contributed by atoms with Gasteiger partial charge in [0.05, 0.1) is 10.9 Å². The summed E-state index contributed by atoms with van der Waals surface area (Å²) in [4.78, 5) is 16.6. The van der Waals surface area contributed by atoms with E-state index in [2.05, 4.69) is 10.3 Å². The molecule has 1 aromatic carbocycles. The van der Waals surface area contributed by atoms with Crippen LogP contribution in [-0.4, -0.2) is 15.9 Å². The molecule has 104 valence electrons. The number of carbonyl (C=O) groups excluding carboxylic acids is 1. The molecule has 0 spiro atoms. The van der Waals surface area contributed by atoms with Gasteiger partial charge in [0.2, 0.25) is 5.91 Å². The summed E-state index contributed by atoms with van der Waals surface area (Å²) in [7, 11) is 0. The molecule has 0 aliphatic carbocycles. The summed E-state index contributed by atoms with van der Waals surface area (Å²) in [6.07, 6.45) is 3.46. The average molecular weight is 287 g/mol. The number of benzene rings is 1. The highest BCUT2D eigenvalue weighted by Crippen LogP contribution is 2.23. The van der Waals surface area contributed by atoms with Gasteiger partial charge in [0.15, 0.2) is 0 Å². The Bertz CT molecular complexity index is 649. The standard InChI is InChI=1S/C15H17N3OS/c1-9(2)13(14(16)20)15(19)18-12-5-3-4-10-8-17-7-6-11(10)12/h3-9,13H,1-2H3,(H2,16,20)(H,18,19). The first-order valence-electron chi connectivity index (χ1n) is 6.43. The summed E-state index contributed by atoms with van der Waals surface area (Å²) in [5.41, 5.74) is 6.41. The monoisotopic (exact) mass is 287 g/mol. The molecule has 0 aliphatic heterocycles. The van der Waals surface area contributed by atoms with E-state index in [0.717, 1.165) is 16.5 Å². The molecule has 5 heteroatoms. The van der Waals surface area contributed by atoms with Gasteiger partial charge in [-0.15, -0.1) is 0 Å². The number of nitrogens with zero attached hydrogens (tertiary/aromatic N) is 1. The van der Waals surface area contributed by atoms with Gasteiger partial charge in [-0.1, -0.05) is 38.2 Å². The summed E-state index contributed by atoms with van der Waals surface area (Å²) in [6.45, 7) is 3.85. The molecule has 1 atom stereocenters. The number of thiocarbonyl (C=S) groups is 1. The number of fused-ring (bicyclic) bond motifs is 1. The molecular weight excluding hydrogens is 270 g/mol. The fraction of sp³-hybridized carbons (Fsp3) is 0.267. The summed E-state index contributed by atoms with van der Waals surface area (Å²) in [5, 5.41) is 4.83. The Hall–Kier alpha value is -2.01. The van der Waals surface area contributed by atoms with E-state index in [4.69, 9.17) is 18.0 Å². The van der Waals surface area contributed by atoms with E-state index >= 15 is 0 Å². The lowest BCUT2D eigenvalue weighted by atomic mass is 9.94. The van der Waals surface area contributed by atoms with Gasteiger partial charge in [-0.05, 0) is 18.1 Å². The van der Waals surface area contributed by atoms with E-state index in [0.29, 0.717) is 0 Å². The minimum absolute atomic E-state index is 0.0594. The van der Waals surface area contributed by atoms with Crippen LogP contribution in [0.4, 0.5) is 5.69 Å². The summed E-state index contributed by atoms with van der Waals surface area (Å²) < 4.78 is 0. The fourth-order valence-corrected chi connectivity index (χ4v) is 2.58. The minimum atomic E-state index is -0.470. The van der Waals surface area contributed by atoms with Crippen molar-refractivity contribution in [3.63, 3.8) is 0 Å². The van der Waals surface area contributed by atoms with Crippen LogP contribution in [0, 0.1) is 11.8 Å². The van der Waals surface area contributed by atoms with Gasteiger partial charge in [-0.25, -0.2) is 0 Å². The number of pyridine rings is 1. The van der Waals surface area contributed by atoms with Crippen molar-refractivity contribution in [2.24, 2.45) is 17.6 Å². The van der Waals surface area contributed by atoms with Gasteiger partial charge in [-0.3, -0.25) is 9.78 Å². The molecule has 4 nitrogen and oxygen atoms in total. The summed E-state index contributed by atoms with van der Waals surface area (Å²) in [5.74, 6) is -0.581. The van der Waals surface area contributed by atoms with Crippen molar-refractivity contribution >= 4 is 39.6 Å². The number of aromatic nitrogens is 1. The van der Waals surface area contributed by atoms with E-state index in [1.165, 1.54) is 0 Å². The zero-order valence-electron chi connectivity index (χ0n) is 11.5. The molecule has 1 unspecified atom stereocenters. The van der Waals surface area contributed by atoms with E-state index in [-0.39, 0.29) is 16.8 Å². The first-order valence-corrected chi connectivity index (χ1v) is 6.84. The van der Waals surface area contributed by atoms with Crippen LogP contribution in [0.15, 0.2) is 36.7 Å². The fourth-order valence-electron chi connectivity index (χ4n) is 2.20. The van der Waals surface area contributed by atoms with Crippen molar-refractivity contribution in [1.29, 1.82) is 0 Å². The Morgan fingerprint density at radius 3 is 2.75 bits per heavy atom. The van der Waals surface area contributed by atoms with Crippen LogP contribution < -0.4 is 11.1 Å². The van der Waals surface area contributed by atoms with Crippen LogP contribution in [0.3, 0.4) is 0 Å². The van der Waals surface area contributed by atoms with E-state index in [9.17, 15) is 4.79 Å². The predicted octanol–water partition coefficient (Wildman–Crippen LogP) is 2.73. The van der Waals surface area contributed by atoms with Gasteiger partial charge in [0, 0.05) is 28.9 Å². The number of hydrogen-bond acceptors (Lipinski definition) is 3. The zero-order chi connectivity index (χ0) is 14.7. The number of amides is 1. The van der Waals surface area contributed by atoms with Crippen LogP contribution in [0.25, 0.3) is 10.8 Å². The van der Waals surface area contributed by atoms with Gasteiger partial charge >= 0.3 is 0 Å². The number of nitrogens with one attached hydrogen (secondary N) is 1. The van der Waals surface area contributed by atoms with Gasteiger partial charge in [-0.2, -0.15) is 0 Å². The molecule has 1 heterocycles. The van der Waals surface area contributed by atoms with Gasteiger partial charge < -0.3 is 11.1 Å². The van der Waals surface area contributed by atoms with Gasteiger partial charge in [0.1, 0.15) is 0 Å². The molecule has 0 fully saturated rings. The van der Waals surface area contributed by atoms with Crippen molar-refractivity contribution in [1.82, 2.24) is 4.98 Å². The van der Waals surface area contributed by atoms with E-state index in [1.807, 2.05) is 38.1 Å². The third kappa shape index (κ3) is 2.93. The third-order valence-corrected chi connectivity index (χ3v) is 3.45. The lowest BCUT2D eigenvalue weighted by Crippen LogP contribution is -2.36. The average Bonchev–Trinajstić information content (AvgIpc) is 2.38. The van der Waals surface area contributed by atoms with Crippen LogP contribution in [0.2, 0.25) is 0 Å². The van der Waals surface area contributed by atoms with Crippen molar-refractivity contribution in [3.8, 4) is 0 Å². The predicted molar refractivity (Wildman–Crippen MR) is 85.5 cm³/mol. The maximum Gasteiger partial charge on any atom is 0.234 e. The molecule has 0 saturated carbocycles. The van der Waals surface area contributed by atoms with Crippen molar-refractivity contribution in [2.75, 3.05) is 5.32 Å². The lowest BCUT2D eigenvalue weighted by molar-refractivity contribution is -0.118. The third-order valence-electron chi connectivity index (χ3n) is 3.19. The van der Waals surface area contributed by atoms with Crippen LogP contribution >= 0.6 is 12.2 Å². The molecule has 0 bridgehead atoms. The topological polar surface area (TPSA) is 68.0 Å².